The minimum Gasteiger partial charge on any atom is -0.378 e. The summed E-state index contributed by atoms with van der Waals surface area (Å²) in [7, 11) is 0. The van der Waals surface area contributed by atoms with Crippen LogP contribution in [0.1, 0.15) is 31.4 Å². The average molecular weight is 493 g/mol. The van der Waals surface area contributed by atoms with E-state index in [1.807, 2.05) is 0 Å². The Bertz CT molecular complexity index is 1110. The monoisotopic (exact) mass is 492 g/mol. The molecule has 3 aromatic rings. The zero-order valence-corrected chi connectivity index (χ0v) is 19.0. The number of ether oxygens (including phenoxy) is 1. The van der Waals surface area contributed by atoms with E-state index < -0.39 is 11.9 Å². The van der Waals surface area contributed by atoms with E-state index in [4.69, 9.17) is 4.74 Å². The number of hydrogen-bond acceptors (Lipinski definition) is 10. The summed E-state index contributed by atoms with van der Waals surface area (Å²) in [6.07, 6.45) is 4.16. The van der Waals surface area contributed by atoms with Crippen molar-refractivity contribution >= 4 is 34.1 Å². The summed E-state index contributed by atoms with van der Waals surface area (Å²) < 4.78 is 46.5. The molecular formula is C21H23F3N8OS. The van der Waals surface area contributed by atoms with Crippen LogP contribution in [0, 0.1) is 0 Å². The van der Waals surface area contributed by atoms with E-state index >= 15 is 0 Å². The molecule has 0 unspecified atom stereocenters. The Hall–Kier alpha value is -3.06. The van der Waals surface area contributed by atoms with E-state index in [-0.39, 0.29) is 33.6 Å². The van der Waals surface area contributed by atoms with Crippen molar-refractivity contribution in [3.05, 3.63) is 30.4 Å². The molecule has 2 fully saturated rings. The molecule has 1 saturated heterocycles. The topological polar surface area (TPSA) is 101 Å². The number of nitrogens with one attached hydrogen (secondary N) is 2. The number of rotatable bonds is 6. The number of morpholine rings is 1. The molecule has 34 heavy (non-hydrogen) atoms. The molecule has 0 aromatic carbocycles. The molecule has 1 aliphatic carbocycles. The SMILES string of the molecule is FC(F)(F)c1nc(NC2CCCC2)sc1-c1ccnc(Nc2ncc(N3CCOCC3)cn2)n1. The molecule has 4 heterocycles. The van der Waals surface area contributed by atoms with E-state index in [2.05, 4.69) is 40.5 Å². The first-order valence-electron chi connectivity index (χ1n) is 11.1. The highest BCUT2D eigenvalue weighted by molar-refractivity contribution is 7.19. The molecule has 0 radical (unpaired) electrons. The highest BCUT2D eigenvalue weighted by Crippen LogP contribution is 2.42. The van der Waals surface area contributed by atoms with E-state index in [0.29, 0.717) is 13.2 Å². The maximum Gasteiger partial charge on any atom is 0.434 e. The summed E-state index contributed by atoms with van der Waals surface area (Å²) in [5, 5.41) is 6.27. The molecule has 0 bridgehead atoms. The predicted octanol–water partition coefficient (Wildman–Crippen LogP) is 4.34. The van der Waals surface area contributed by atoms with Crippen molar-refractivity contribution in [2.24, 2.45) is 0 Å². The lowest BCUT2D eigenvalue weighted by atomic mass is 10.2. The Balaban J connectivity index is 1.35. The lowest BCUT2D eigenvalue weighted by Crippen LogP contribution is -2.36. The van der Waals surface area contributed by atoms with Gasteiger partial charge in [-0.2, -0.15) is 13.2 Å². The van der Waals surface area contributed by atoms with Crippen LogP contribution < -0.4 is 15.5 Å². The maximum absolute atomic E-state index is 13.7. The van der Waals surface area contributed by atoms with Gasteiger partial charge in [0.1, 0.15) is 0 Å². The van der Waals surface area contributed by atoms with Gasteiger partial charge < -0.3 is 15.0 Å². The highest BCUT2D eigenvalue weighted by atomic mass is 32.1. The standard InChI is InChI=1S/C21H23F3N8OS/c22-21(23,24)17-16(34-20(30-17)28-13-3-1-2-4-13)15-5-6-25-19(29-15)31-18-26-11-14(12-27-18)32-7-9-33-10-8-32/h5-6,11-13H,1-4,7-10H2,(H,28,30)(H,25,26,27,29,31). The van der Waals surface area contributed by atoms with Crippen molar-refractivity contribution in [1.29, 1.82) is 0 Å². The van der Waals surface area contributed by atoms with Gasteiger partial charge in [-0.25, -0.2) is 24.9 Å². The molecule has 1 aliphatic heterocycles. The summed E-state index contributed by atoms with van der Waals surface area (Å²) in [4.78, 5) is 22.9. The van der Waals surface area contributed by atoms with Crippen LogP contribution in [0.5, 0.6) is 0 Å². The van der Waals surface area contributed by atoms with Gasteiger partial charge in [-0.15, -0.1) is 0 Å². The fourth-order valence-corrected chi connectivity index (χ4v) is 5.04. The number of halogens is 3. The van der Waals surface area contributed by atoms with Crippen LogP contribution in [0.2, 0.25) is 0 Å². The number of nitrogens with zero attached hydrogens (tertiary/aromatic N) is 6. The number of anilines is 4. The zero-order chi connectivity index (χ0) is 23.5. The predicted molar refractivity (Wildman–Crippen MR) is 122 cm³/mol. The van der Waals surface area contributed by atoms with Crippen molar-refractivity contribution in [3.8, 4) is 10.6 Å². The fraction of sp³-hybridized carbons (Fsp3) is 0.476. The van der Waals surface area contributed by atoms with Crippen molar-refractivity contribution in [2.75, 3.05) is 41.8 Å². The molecule has 13 heteroatoms. The first kappa shape index (κ1) is 22.7. The van der Waals surface area contributed by atoms with Crippen LogP contribution in [-0.2, 0) is 10.9 Å². The normalized spacial score (nSPS) is 17.2. The molecule has 0 spiro atoms. The second kappa shape index (κ2) is 9.66. The minimum atomic E-state index is -4.60. The second-order valence-corrected chi connectivity index (χ2v) is 9.07. The van der Waals surface area contributed by atoms with Crippen LogP contribution in [0.25, 0.3) is 10.6 Å². The number of thiazole rings is 1. The van der Waals surface area contributed by atoms with Crippen LogP contribution in [0.15, 0.2) is 24.7 Å². The molecule has 2 N–H and O–H groups in total. The Labute approximate surface area is 197 Å². The Kier molecular flexibility index (Phi) is 6.46. The smallest absolute Gasteiger partial charge is 0.378 e. The number of aromatic nitrogens is 5. The van der Waals surface area contributed by atoms with Gasteiger partial charge in [0.15, 0.2) is 10.8 Å². The van der Waals surface area contributed by atoms with Crippen molar-refractivity contribution < 1.29 is 17.9 Å². The van der Waals surface area contributed by atoms with E-state index in [0.717, 1.165) is 55.8 Å². The first-order valence-corrected chi connectivity index (χ1v) is 11.9. The number of hydrogen-bond donors (Lipinski definition) is 2. The van der Waals surface area contributed by atoms with Crippen LogP contribution in [-0.4, -0.2) is 57.3 Å². The molecule has 9 nitrogen and oxygen atoms in total. The third kappa shape index (κ3) is 5.20. The zero-order valence-electron chi connectivity index (χ0n) is 18.2. The van der Waals surface area contributed by atoms with Gasteiger partial charge in [0.25, 0.3) is 0 Å². The second-order valence-electron chi connectivity index (χ2n) is 8.08. The molecule has 2 aliphatic rings. The average Bonchev–Trinajstić information content (AvgIpc) is 3.51. The molecule has 1 saturated carbocycles. The summed E-state index contributed by atoms with van der Waals surface area (Å²) >= 11 is 0.952. The van der Waals surface area contributed by atoms with Gasteiger partial charge in [0.05, 0.1) is 41.9 Å². The van der Waals surface area contributed by atoms with Gasteiger partial charge in [0, 0.05) is 25.3 Å². The molecule has 180 valence electrons. The molecule has 0 atom stereocenters. The van der Waals surface area contributed by atoms with Gasteiger partial charge in [-0.3, -0.25) is 5.32 Å². The fourth-order valence-electron chi connectivity index (χ4n) is 4.01. The molecule has 5 rings (SSSR count). The minimum absolute atomic E-state index is 0.0537. The Morgan fingerprint density at radius 2 is 1.74 bits per heavy atom. The van der Waals surface area contributed by atoms with E-state index in [1.165, 1.54) is 12.3 Å². The third-order valence-corrected chi connectivity index (χ3v) is 6.71. The van der Waals surface area contributed by atoms with Crippen molar-refractivity contribution in [2.45, 2.75) is 37.9 Å². The first-order chi connectivity index (χ1) is 16.5. The summed E-state index contributed by atoms with van der Waals surface area (Å²) in [6.45, 7) is 2.82. The van der Waals surface area contributed by atoms with Gasteiger partial charge >= 0.3 is 6.18 Å². The van der Waals surface area contributed by atoms with Crippen LogP contribution in [0.3, 0.4) is 0 Å². The molecule has 3 aromatic heterocycles. The van der Waals surface area contributed by atoms with E-state index in [1.54, 1.807) is 12.4 Å². The van der Waals surface area contributed by atoms with Crippen molar-refractivity contribution in [1.82, 2.24) is 24.9 Å². The number of alkyl halides is 3. The third-order valence-electron chi connectivity index (χ3n) is 5.70. The summed E-state index contributed by atoms with van der Waals surface area (Å²) in [5.74, 6) is 0.349. The Morgan fingerprint density at radius 1 is 1.00 bits per heavy atom. The highest BCUT2D eigenvalue weighted by Gasteiger charge is 2.38. The van der Waals surface area contributed by atoms with Gasteiger partial charge in [-0.1, -0.05) is 24.2 Å². The summed E-state index contributed by atoms with van der Waals surface area (Å²) in [6, 6.07) is 1.59. The quantitative estimate of drug-likeness (QED) is 0.520. The van der Waals surface area contributed by atoms with Crippen LogP contribution >= 0.6 is 11.3 Å². The maximum atomic E-state index is 13.7. The van der Waals surface area contributed by atoms with Crippen LogP contribution in [0.4, 0.5) is 35.9 Å². The summed E-state index contributed by atoms with van der Waals surface area (Å²) in [5.41, 5.74) is 0.0470. The van der Waals surface area contributed by atoms with E-state index in [9.17, 15) is 13.2 Å². The lowest BCUT2D eigenvalue weighted by Gasteiger charge is -2.28. The van der Waals surface area contributed by atoms with Gasteiger partial charge in [-0.05, 0) is 18.9 Å². The molecule has 0 amide bonds. The Morgan fingerprint density at radius 3 is 2.44 bits per heavy atom. The molecular weight excluding hydrogens is 469 g/mol. The van der Waals surface area contributed by atoms with Crippen molar-refractivity contribution in [3.63, 3.8) is 0 Å². The van der Waals surface area contributed by atoms with Gasteiger partial charge in [0.2, 0.25) is 11.9 Å². The largest absolute Gasteiger partial charge is 0.434 e. The lowest BCUT2D eigenvalue weighted by molar-refractivity contribution is -0.140.